The predicted octanol–water partition coefficient (Wildman–Crippen LogP) is 4.02. The maximum atomic E-state index is 13.7. The largest absolute Gasteiger partial charge is 0.464 e. The lowest BCUT2D eigenvalue weighted by Gasteiger charge is -2.31. The molecular formula is C24H29N3O2. The molecule has 29 heavy (non-hydrogen) atoms. The third-order valence-electron chi connectivity index (χ3n) is 5.32. The second-order valence-electron chi connectivity index (χ2n) is 6.94. The number of aromatic nitrogens is 2. The summed E-state index contributed by atoms with van der Waals surface area (Å²) in [5.41, 5.74) is 0.520. The molecule has 3 rings (SSSR count). The van der Waals surface area contributed by atoms with Crippen LogP contribution in [0.25, 0.3) is 0 Å². The summed E-state index contributed by atoms with van der Waals surface area (Å²) in [6, 6.07) is 19.4. The van der Waals surface area contributed by atoms with Crippen molar-refractivity contribution >= 4 is 5.97 Å². The van der Waals surface area contributed by atoms with Gasteiger partial charge in [-0.3, -0.25) is 4.79 Å². The molecular weight excluding hydrogens is 362 g/mol. The number of nitrogens with zero attached hydrogens (tertiary/aromatic N) is 2. The lowest BCUT2D eigenvalue weighted by atomic mass is 9.73. The van der Waals surface area contributed by atoms with Gasteiger partial charge in [0.15, 0.2) is 5.41 Å². The fourth-order valence-corrected chi connectivity index (χ4v) is 3.72. The van der Waals surface area contributed by atoms with E-state index in [0.29, 0.717) is 12.4 Å². The Hall–Kier alpha value is -2.92. The molecule has 0 saturated heterocycles. The smallest absolute Gasteiger partial charge is 0.328 e. The third-order valence-corrected chi connectivity index (χ3v) is 5.32. The summed E-state index contributed by atoms with van der Waals surface area (Å²) in [5, 5.41) is 0. The zero-order valence-corrected chi connectivity index (χ0v) is 17.2. The van der Waals surface area contributed by atoms with Crippen molar-refractivity contribution in [1.29, 1.82) is 0 Å². The summed E-state index contributed by atoms with van der Waals surface area (Å²) in [6.07, 6.45) is 4.21. The van der Waals surface area contributed by atoms with Crippen molar-refractivity contribution in [3.8, 4) is 0 Å². The van der Waals surface area contributed by atoms with Gasteiger partial charge in [-0.1, -0.05) is 74.5 Å². The molecule has 1 heterocycles. The van der Waals surface area contributed by atoms with Crippen LogP contribution < -0.4 is 0 Å². The van der Waals surface area contributed by atoms with Crippen molar-refractivity contribution in [3.05, 3.63) is 90.0 Å². The van der Waals surface area contributed by atoms with Gasteiger partial charge < -0.3 is 14.6 Å². The Morgan fingerprint density at radius 3 is 2.07 bits per heavy atom. The van der Waals surface area contributed by atoms with Crippen LogP contribution in [0, 0.1) is 0 Å². The molecule has 2 aromatic carbocycles. The van der Waals surface area contributed by atoms with Crippen molar-refractivity contribution in [2.45, 2.75) is 25.7 Å². The first-order chi connectivity index (χ1) is 14.2. The molecule has 0 unspecified atom stereocenters. The SMILES string of the molecule is CCN(CC)CCCOC(=O)C(c1ccccc1)(c1ccccc1)c1ncc[nH]1. The van der Waals surface area contributed by atoms with E-state index in [9.17, 15) is 4.79 Å². The molecule has 0 saturated carbocycles. The van der Waals surface area contributed by atoms with E-state index >= 15 is 0 Å². The van der Waals surface area contributed by atoms with Gasteiger partial charge in [0.05, 0.1) is 6.61 Å². The van der Waals surface area contributed by atoms with E-state index in [4.69, 9.17) is 4.74 Å². The van der Waals surface area contributed by atoms with Crippen LogP contribution in [-0.4, -0.2) is 47.1 Å². The Bertz CT molecular complexity index is 820. The average Bonchev–Trinajstić information content (AvgIpc) is 3.31. The fourth-order valence-electron chi connectivity index (χ4n) is 3.72. The van der Waals surface area contributed by atoms with Crippen molar-refractivity contribution in [3.63, 3.8) is 0 Å². The van der Waals surface area contributed by atoms with Crippen molar-refractivity contribution in [1.82, 2.24) is 14.9 Å². The lowest BCUT2D eigenvalue weighted by Crippen LogP contribution is -2.41. The number of rotatable bonds is 10. The van der Waals surface area contributed by atoms with Crippen molar-refractivity contribution in [2.24, 2.45) is 0 Å². The zero-order valence-electron chi connectivity index (χ0n) is 17.2. The summed E-state index contributed by atoms with van der Waals surface area (Å²) in [4.78, 5) is 23.6. The molecule has 0 aliphatic carbocycles. The highest BCUT2D eigenvalue weighted by Gasteiger charge is 2.47. The van der Waals surface area contributed by atoms with E-state index in [0.717, 1.165) is 37.2 Å². The van der Waals surface area contributed by atoms with Crippen LogP contribution in [0.15, 0.2) is 73.1 Å². The second kappa shape index (κ2) is 10.0. The van der Waals surface area contributed by atoms with Crippen molar-refractivity contribution < 1.29 is 9.53 Å². The highest BCUT2D eigenvalue weighted by atomic mass is 16.5. The van der Waals surface area contributed by atoms with Gasteiger partial charge in [-0.25, -0.2) is 4.98 Å². The van der Waals surface area contributed by atoms with E-state index < -0.39 is 5.41 Å². The van der Waals surface area contributed by atoms with Gasteiger partial charge in [0, 0.05) is 18.9 Å². The normalized spacial score (nSPS) is 11.6. The number of hydrogen-bond acceptors (Lipinski definition) is 4. The standard InChI is InChI=1S/C24H29N3O2/c1-3-27(4-2)18-11-19-29-23(28)24(22-25-16-17-26-22,20-12-7-5-8-13-20)21-14-9-6-10-15-21/h5-10,12-17H,3-4,11,18-19H2,1-2H3,(H,25,26). The number of nitrogens with one attached hydrogen (secondary N) is 1. The summed E-state index contributed by atoms with van der Waals surface area (Å²) < 4.78 is 5.85. The Labute approximate surface area is 172 Å². The maximum Gasteiger partial charge on any atom is 0.328 e. The average molecular weight is 392 g/mol. The molecule has 5 nitrogen and oxygen atoms in total. The predicted molar refractivity (Wildman–Crippen MR) is 115 cm³/mol. The molecule has 0 fully saturated rings. The van der Waals surface area contributed by atoms with E-state index in [2.05, 4.69) is 28.7 Å². The number of ether oxygens (including phenoxy) is 1. The Morgan fingerprint density at radius 1 is 1.00 bits per heavy atom. The molecule has 0 amide bonds. The first-order valence-electron chi connectivity index (χ1n) is 10.2. The highest BCUT2D eigenvalue weighted by Crippen LogP contribution is 2.38. The van der Waals surface area contributed by atoms with Crippen LogP contribution >= 0.6 is 0 Å². The van der Waals surface area contributed by atoms with Crippen LogP contribution in [0.1, 0.15) is 37.2 Å². The monoisotopic (exact) mass is 391 g/mol. The Kier molecular flexibility index (Phi) is 7.19. The fraction of sp³-hybridized carbons (Fsp3) is 0.333. The van der Waals surface area contributed by atoms with Gasteiger partial charge in [0.2, 0.25) is 0 Å². The third kappa shape index (κ3) is 4.40. The topological polar surface area (TPSA) is 58.2 Å². The van der Waals surface area contributed by atoms with Gasteiger partial charge in [0.25, 0.3) is 0 Å². The van der Waals surface area contributed by atoms with Gasteiger partial charge in [-0.15, -0.1) is 0 Å². The minimum absolute atomic E-state index is 0.315. The summed E-state index contributed by atoms with van der Waals surface area (Å²) in [5.74, 6) is 0.244. The maximum absolute atomic E-state index is 13.7. The molecule has 1 aromatic heterocycles. The Morgan fingerprint density at radius 2 is 1.59 bits per heavy atom. The molecule has 0 aliphatic rings. The van der Waals surface area contributed by atoms with Crippen LogP contribution in [0.3, 0.4) is 0 Å². The van der Waals surface area contributed by atoms with Crippen LogP contribution in [0.5, 0.6) is 0 Å². The molecule has 0 atom stereocenters. The summed E-state index contributed by atoms with van der Waals surface area (Å²) in [6.45, 7) is 7.55. The molecule has 0 spiro atoms. The molecule has 0 bridgehead atoms. The van der Waals surface area contributed by atoms with Gasteiger partial charge >= 0.3 is 5.97 Å². The van der Waals surface area contributed by atoms with Gasteiger partial charge in [-0.2, -0.15) is 0 Å². The van der Waals surface area contributed by atoms with Crippen LogP contribution in [0.4, 0.5) is 0 Å². The number of H-pyrrole nitrogens is 1. The van der Waals surface area contributed by atoms with E-state index in [-0.39, 0.29) is 5.97 Å². The van der Waals surface area contributed by atoms with Crippen LogP contribution in [-0.2, 0) is 14.9 Å². The van der Waals surface area contributed by atoms with Crippen molar-refractivity contribution in [2.75, 3.05) is 26.2 Å². The highest BCUT2D eigenvalue weighted by molar-refractivity contribution is 5.91. The molecule has 1 N–H and O–H groups in total. The molecule has 0 aliphatic heterocycles. The summed E-state index contributed by atoms with van der Waals surface area (Å²) in [7, 11) is 0. The number of benzene rings is 2. The van der Waals surface area contributed by atoms with Crippen LogP contribution in [0.2, 0.25) is 0 Å². The first kappa shape index (κ1) is 20.8. The number of hydrogen-bond donors (Lipinski definition) is 1. The molecule has 0 radical (unpaired) electrons. The Balaban J connectivity index is 1.96. The number of aromatic amines is 1. The van der Waals surface area contributed by atoms with Gasteiger partial charge in [-0.05, 0) is 30.6 Å². The summed E-state index contributed by atoms with van der Waals surface area (Å²) >= 11 is 0. The number of carbonyl (C=O) groups is 1. The quantitative estimate of drug-likeness (QED) is 0.419. The van der Waals surface area contributed by atoms with E-state index in [1.165, 1.54) is 0 Å². The first-order valence-corrected chi connectivity index (χ1v) is 10.2. The molecule has 5 heteroatoms. The molecule has 152 valence electrons. The minimum Gasteiger partial charge on any atom is -0.464 e. The van der Waals surface area contributed by atoms with E-state index in [1.807, 2.05) is 60.7 Å². The lowest BCUT2D eigenvalue weighted by molar-refractivity contribution is -0.147. The minimum atomic E-state index is -1.14. The molecule has 3 aromatic rings. The number of imidazole rings is 1. The van der Waals surface area contributed by atoms with Gasteiger partial charge in [0.1, 0.15) is 5.82 Å². The van der Waals surface area contributed by atoms with E-state index in [1.54, 1.807) is 12.4 Å². The number of esters is 1. The second-order valence-corrected chi connectivity index (χ2v) is 6.94. The zero-order chi connectivity index (χ0) is 20.5. The number of carbonyl (C=O) groups excluding carboxylic acids is 1.